The molecule has 2 saturated heterocycles. The van der Waals surface area contributed by atoms with Gasteiger partial charge in [0.2, 0.25) is 26.0 Å². The molecule has 322 valence electrons. The summed E-state index contributed by atoms with van der Waals surface area (Å²) in [6.45, 7) is 14.8. The predicted octanol–water partition coefficient (Wildman–Crippen LogP) is 7.91. The van der Waals surface area contributed by atoms with Crippen LogP contribution in [0.1, 0.15) is 94.0 Å². The molecule has 1 amide bonds. The molecule has 0 radical (unpaired) electrons. The number of amides is 1. The lowest BCUT2D eigenvalue weighted by atomic mass is 9.86. The Hall–Kier alpha value is -4.17. The molecule has 0 bridgehead atoms. The van der Waals surface area contributed by atoms with E-state index in [0.717, 1.165) is 47.1 Å². The number of hydrogen-bond acceptors (Lipinski definition) is 7. The van der Waals surface area contributed by atoms with E-state index in [9.17, 15) is 26.7 Å². The topological polar surface area (TPSA) is 125 Å². The van der Waals surface area contributed by atoms with E-state index in [4.69, 9.17) is 4.74 Å². The van der Waals surface area contributed by atoms with Crippen LogP contribution in [0.25, 0.3) is 0 Å². The van der Waals surface area contributed by atoms with Crippen LogP contribution in [0.3, 0.4) is 0 Å². The maximum absolute atomic E-state index is 13.4. The fourth-order valence-electron chi connectivity index (χ4n) is 8.56. The van der Waals surface area contributed by atoms with Gasteiger partial charge in [0.05, 0.1) is 27.6 Å². The van der Waals surface area contributed by atoms with E-state index in [1.807, 2.05) is 66.7 Å². The molecule has 2 unspecified atom stereocenters. The zero-order valence-electron chi connectivity index (χ0n) is 35.6. The number of nitrogens with zero attached hydrogens (tertiary/aromatic N) is 3. The lowest BCUT2D eigenvalue weighted by Crippen LogP contribution is -2.35. The Morgan fingerprint density at radius 3 is 1.88 bits per heavy atom. The summed E-state index contributed by atoms with van der Waals surface area (Å²) in [6, 6.07) is 32.2. The van der Waals surface area contributed by atoms with Crippen LogP contribution in [0.2, 0.25) is 0 Å². The number of aliphatic hydroxyl groups is 1. The normalized spacial score (nSPS) is 22.1. The van der Waals surface area contributed by atoms with E-state index in [2.05, 4.69) is 39.5 Å². The second-order valence-electron chi connectivity index (χ2n) is 17.3. The fraction of sp³-hybridized carbons (Fsp3) is 0.438. The lowest BCUT2D eigenvalue weighted by molar-refractivity contribution is -0.129. The number of carbonyl (C=O) groups is 1. The van der Waals surface area contributed by atoms with Crippen LogP contribution >= 0.6 is 0 Å². The average Bonchev–Trinajstić information content (AvgIpc) is 3.61. The minimum absolute atomic E-state index is 0.00151. The van der Waals surface area contributed by atoms with Gasteiger partial charge in [0.15, 0.2) is 0 Å². The van der Waals surface area contributed by atoms with Gasteiger partial charge in [-0.2, -0.15) is 8.61 Å². The van der Waals surface area contributed by atoms with Gasteiger partial charge in [-0.1, -0.05) is 106 Å². The third kappa shape index (κ3) is 10.3. The van der Waals surface area contributed by atoms with E-state index in [0.29, 0.717) is 69.9 Å². The Kier molecular flexibility index (Phi) is 14.2. The van der Waals surface area contributed by atoms with Gasteiger partial charge in [-0.15, -0.1) is 6.58 Å². The molecule has 0 aliphatic carbocycles. The maximum Gasteiger partial charge on any atom is 0.243 e. The van der Waals surface area contributed by atoms with Gasteiger partial charge in [-0.05, 0) is 102 Å². The van der Waals surface area contributed by atoms with E-state index in [1.54, 1.807) is 39.5 Å². The molecule has 4 aromatic rings. The van der Waals surface area contributed by atoms with Gasteiger partial charge in [0, 0.05) is 46.2 Å². The summed E-state index contributed by atoms with van der Waals surface area (Å²) in [5.41, 5.74) is 3.54. The van der Waals surface area contributed by atoms with Crippen LogP contribution in [-0.4, -0.2) is 80.7 Å². The average molecular weight is 856 g/mol. The Morgan fingerprint density at radius 2 is 1.28 bits per heavy atom. The minimum atomic E-state index is -3.67. The molecular weight excluding hydrogens is 795 g/mol. The molecule has 0 saturated carbocycles. The SMILES string of the molecule is C=CCOC1(c2ccccc2)CCCN(S(=O)(=O)c2ccc(C(C)(C)C)cc2)CC1.CC(=O)N1CCc2ccc(S(=O)(=O)N3CCCC(O)(c4ccccc4)CC3)cc2C1. The van der Waals surface area contributed by atoms with Crippen molar-refractivity contribution in [3.8, 4) is 0 Å². The van der Waals surface area contributed by atoms with Crippen molar-refractivity contribution < 1.29 is 31.5 Å². The Labute approximate surface area is 358 Å². The largest absolute Gasteiger partial charge is 0.385 e. The zero-order valence-corrected chi connectivity index (χ0v) is 37.2. The molecule has 3 aliphatic heterocycles. The zero-order chi connectivity index (χ0) is 43.2. The van der Waals surface area contributed by atoms with E-state index in [1.165, 1.54) is 11.2 Å². The first-order chi connectivity index (χ1) is 28.5. The smallest absolute Gasteiger partial charge is 0.243 e. The number of hydrogen-bond donors (Lipinski definition) is 1. The van der Waals surface area contributed by atoms with Crippen molar-refractivity contribution in [3.63, 3.8) is 0 Å². The number of fused-ring (bicyclic) bond motifs is 1. The number of carbonyl (C=O) groups excluding carboxylic acids is 1. The van der Waals surface area contributed by atoms with Gasteiger partial charge < -0.3 is 14.7 Å². The molecule has 60 heavy (non-hydrogen) atoms. The second-order valence-corrected chi connectivity index (χ2v) is 21.1. The third-order valence-corrected chi connectivity index (χ3v) is 16.1. The summed E-state index contributed by atoms with van der Waals surface area (Å²) in [4.78, 5) is 14.1. The highest BCUT2D eigenvalue weighted by Crippen LogP contribution is 2.39. The van der Waals surface area contributed by atoms with Crippen LogP contribution in [0.4, 0.5) is 0 Å². The summed E-state index contributed by atoms with van der Waals surface area (Å²) in [5.74, 6) is 0.00151. The third-order valence-electron chi connectivity index (χ3n) is 12.2. The summed E-state index contributed by atoms with van der Waals surface area (Å²) >= 11 is 0. The molecular formula is C48H61N3O7S2. The molecule has 1 N–H and O–H groups in total. The van der Waals surface area contributed by atoms with Crippen molar-refractivity contribution in [3.05, 3.63) is 144 Å². The molecule has 12 heteroatoms. The first kappa shape index (κ1) is 45.4. The Bertz CT molecular complexity index is 2310. The van der Waals surface area contributed by atoms with Crippen LogP contribution in [0.15, 0.2) is 126 Å². The van der Waals surface area contributed by atoms with E-state index in [-0.39, 0.29) is 22.8 Å². The number of sulfonamides is 2. The summed E-state index contributed by atoms with van der Waals surface area (Å²) < 4.78 is 62.7. The van der Waals surface area contributed by atoms with Crippen LogP contribution in [-0.2, 0) is 59.2 Å². The molecule has 4 aromatic carbocycles. The van der Waals surface area contributed by atoms with E-state index < -0.39 is 31.2 Å². The van der Waals surface area contributed by atoms with Crippen LogP contribution < -0.4 is 0 Å². The fourth-order valence-corrected chi connectivity index (χ4v) is 11.6. The molecule has 10 nitrogen and oxygen atoms in total. The lowest BCUT2D eigenvalue weighted by Gasteiger charge is -2.33. The van der Waals surface area contributed by atoms with Crippen molar-refractivity contribution in [2.75, 3.05) is 39.3 Å². The molecule has 3 heterocycles. The molecule has 2 fully saturated rings. The van der Waals surface area contributed by atoms with Gasteiger partial charge in [0.25, 0.3) is 0 Å². The van der Waals surface area contributed by atoms with Gasteiger partial charge in [-0.25, -0.2) is 16.8 Å². The van der Waals surface area contributed by atoms with Gasteiger partial charge in [-0.3, -0.25) is 4.79 Å². The van der Waals surface area contributed by atoms with Crippen molar-refractivity contribution in [2.24, 2.45) is 0 Å². The van der Waals surface area contributed by atoms with Crippen LogP contribution in [0, 0.1) is 0 Å². The molecule has 0 spiro atoms. The Morgan fingerprint density at radius 1 is 0.717 bits per heavy atom. The molecule has 7 rings (SSSR count). The van der Waals surface area contributed by atoms with Gasteiger partial charge in [0.1, 0.15) is 0 Å². The van der Waals surface area contributed by atoms with Crippen molar-refractivity contribution in [1.82, 2.24) is 13.5 Å². The Balaban J connectivity index is 0.000000201. The number of ether oxygens (including phenoxy) is 1. The van der Waals surface area contributed by atoms with Crippen molar-refractivity contribution in [2.45, 2.75) is 106 Å². The monoisotopic (exact) mass is 855 g/mol. The highest BCUT2D eigenvalue weighted by molar-refractivity contribution is 7.89. The predicted molar refractivity (Wildman–Crippen MR) is 236 cm³/mol. The van der Waals surface area contributed by atoms with Crippen molar-refractivity contribution >= 4 is 26.0 Å². The quantitative estimate of drug-likeness (QED) is 0.170. The second kappa shape index (κ2) is 18.8. The summed E-state index contributed by atoms with van der Waals surface area (Å²) in [7, 11) is -7.21. The summed E-state index contributed by atoms with van der Waals surface area (Å²) in [5, 5.41) is 11.2. The molecule has 2 atom stereocenters. The first-order valence-electron chi connectivity index (χ1n) is 21.1. The highest BCUT2D eigenvalue weighted by Gasteiger charge is 2.39. The summed E-state index contributed by atoms with van der Waals surface area (Å²) in [6.07, 6.45) is 6.10. The van der Waals surface area contributed by atoms with Crippen molar-refractivity contribution in [1.29, 1.82) is 0 Å². The standard InChI is InChI=1S/C25H33NO3S.C23H28N2O4S/c1-5-20-29-25(22-10-7-6-8-11-22)16-9-18-26(19-17-25)30(27,28)23-14-12-21(13-15-23)24(2,3)4;1-18(26)24-14-10-19-8-9-22(16-20(19)17-24)30(28,29)25-13-5-11-23(27,12-15-25)21-6-3-2-4-7-21/h5-8,10-15H,1,9,16-20H2,2-4H3;2-4,6-9,16,27H,5,10-15,17H2,1H3. The maximum atomic E-state index is 13.4. The highest BCUT2D eigenvalue weighted by atomic mass is 32.2. The number of benzene rings is 4. The minimum Gasteiger partial charge on any atom is -0.385 e. The van der Waals surface area contributed by atoms with E-state index >= 15 is 0 Å². The van der Waals surface area contributed by atoms with Gasteiger partial charge >= 0.3 is 0 Å². The van der Waals surface area contributed by atoms with Crippen LogP contribution in [0.5, 0.6) is 0 Å². The number of rotatable bonds is 9. The molecule has 0 aromatic heterocycles. The first-order valence-corrected chi connectivity index (χ1v) is 23.9. The molecule has 3 aliphatic rings.